The predicted octanol–water partition coefficient (Wildman–Crippen LogP) is 6.77. The second-order valence-electron chi connectivity index (χ2n) is 21.6. The van der Waals surface area contributed by atoms with Crippen LogP contribution in [0.4, 0.5) is 11.4 Å². The standard InChI is InChI=1S/C59H74N12O6/c1-6-44-34-51-52(64-56(44)72)32-43(35-60-51)38-67-26-28-68(29-27-67)47-12-15-50(61-36-47)59(75)69-19-16-42(17-20-69)37-66-24-22-65(23-25-66)30-31-76-49-9-7-8-45(33-49)58(74)70-21-18-54-53(39-70)63-55(71(54)40(2)3)57(73)62-46-10-13-48(14-11-46)77-41(4)5/h7-15,32-36,40-42H,6,16-31,37-39H2,1-5H3,(H,62,73)(H,64,72). The Balaban J connectivity index is 0.618. The number of ether oxygens (including phenoxy) is 2. The van der Waals surface area contributed by atoms with Crippen LogP contribution in [-0.4, -0.2) is 165 Å². The number of hydrogen-bond donors (Lipinski definition) is 2. The number of amides is 3. The van der Waals surface area contributed by atoms with Crippen molar-refractivity contribution in [1.82, 2.24) is 49.0 Å². The maximum Gasteiger partial charge on any atom is 0.291 e. The van der Waals surface area contributed by atoms with Gasteiger partial charge in [0.25, 0.3) is 23.3 Å². The highest BCUT2D eigenvalue weighted by Gasteiger charge is 2.32. The van der Waals surface area contributed by atoms with E-state index < -0.39 is 0 Å². The van der Waals surface area contributed by atoms with Gasteiger partial charge in [-0.3, -0.25) is 34.0 Å². The van der Waals surface area contributed by atoms with Gasteiger partial charge in [-0.25, -0.2) is 9.97 Å². The number of anilines is 2. The molecule has 4 aliphatic heterocycles. The number of carbonyl (C=O) groups is 3. The van der Waals surface area contributed by atoms with Crippen LogP contribution >= 0.6 is 0 Å². The van der Waals surface area contributed by atoms with Crippen molar-refractivity contribution in [1.29, 1.82) is 0 Å². The number of aromatic amines is 1. The van der Waals surface area contributed by atoms with Crippen molar-refractivity contribution >= 4 is 40.1 Å². The molecule has 0 bridgehead atoms. The number of carbonyl (C=O) groups excluding carboxylic acids is 3. The van der Waals surface area contributed by atoms with Crippen LogP contribution in [0.25, 0.3) is 11.0 Å². The van der Waals surface area contributed by atoms with Crippen LogP contribution in [0.5, 0.6) is 11.5 Å². The Kier molecular flexibility index (Phi) is 16.6. The molecule has 77 heavy (non-hydrogen) atoms. The highest BCUT2D eigenvalue weighted by Crippen LogP contribution is 2.28. The zero-order valence-corrected chi connectivity index (χ0v) is 45.4. The van der Waals surface area contributed by atoms with Gasteiger partial charge in [-0.1, -0.05) is 13.0 Å². The summed E-state index contributed by atoms with van der Waals surface area (Å²) < 4.78 is 14.0. The van der Waals surface area contributed by atoms with E-state index in [1.54, 1.807) is 4.90 Å². The molecule has 0 spiro atoms. The number of benzene rings is 2. The van der Waals surface area contributed by atoms with Gasteiger partial charge in [-0.05, 0) is 125 Å². The third kappa shape index (κ3) is 12.8. The van der Waals surface area contributed by atoms with Crippen molar-refractivity contribution in [2.45, 2.75) is 85.5 Å². The molecule has 2 aromatic carbocycles. The average Bonchev–Trinajstić information content (AvgIpc) is 3.92. The topological polar surface area (TPSA) is 178 Å². The number of rotatable bonds is 17. The SMILES string of the molecule is CCc1cc2ncc(CN3CCN(c4ccc(C(=O)N5CCC(CN6CCN(CCOc7cccc(C(=O)N8CCc9c(nc(C(=O)Nc%10ccc(OC(C)C)cc%10)n9C(C)C)C8)c7)CC6)CC5)nc4)CC3)cc2[nH]c1=O. The lowest BCUT2D eigenvalue weighted by Gasteiger charge is -2.38. The molecule has 0 unspecified atom stereocenters. The van der Waals surface area contributed by atoms with Crippen molar-refractivity contribution in [3.8, 4) is 11.5 Å². The highest BCUT2D eigenvalue weighted by molar-refractivity contribution is 6.02. The maximum atomic E-state index is 13.9. The number of H-pyrrole nitrogens is 1. The molecule has 3 amide bonds. The fraction of sp³-hybridized carbons (Fsp3) is 0.475. The first-order valence-electron chi connectivity index (χ1n) is 27.7. The van der Waals surface area contributed by atoms with E-state index in [1.807, 2.05) is 129 Å². The van der Waals surface area contributed by atoms with Crippen LogP contribution in [0.3, 0.4) is 0 Å². The van der Waals surface area contributed by atoms with Crippen LogP contribution in [0, 0.1) is 5.92 Å². The van der Waals surface area contributed by atoms with Gasteiger partial charge in [0.15, 0.2) is 5.82 Å². The van der Waals surface area contributed by atoms with Gasteiger partial charge in [0.1, 0.15) is 23.8 Å². The molecule has 6 aromatic rings. The van der Waals surface area contributed by atoms with E-state index in [0.717, 1.165) is 143 Å². The number of pyridine rings is 3. The van der Waals surface area contributed by atoms with Gasteiger partial charge < -0.3 is 43.9 Å². The summed E-state index contributed by atoms with van der Waals surface area (Å²) >= 11 is 0. The molecule has 10 rings (SSSR count). The zero-order chi connectivity index (χ0) is 53.6. The molecular formula is C59H74N12O6. The largest absolute Gasteiger partial charge is 0.492 e. The molecule has 18 nitrogen and oxygen atoms in total. The molecule has 3 saturated heterocycles. The first kappa shape index (κ1) is 53.3. The molecule has 0 aliphatic carbocycles. The lowest BCUT2D eigenvalue weighted by Crippen LogP contribution is -2.49. The minimum atomic E-state index is -0.294. The Morgan fingerprint density at radius 2 is 1.52 bits per heavy atom. The number of nitrogens with one attached hydrogen (secondary N) is 2. The van der Waals surface area contributed by atoms with Crippen molar-refractivity contribution in [3.05, 3.63) is 135 Å². The molecule has 0 saturated carbocycles. The molecule has 8 heterocycles. The monoisotopic (exact) mass is 1050 g/mol. The van der Waals surface area contributed by atoms with E-state index in [0.29, 0.717) is 67.0 Å². The van der Waals surface area contributed by atoms with Crippen LogP contribution in [0.2, 0.25) is 0 Å². The summed E-state index contributed by atoms with van der Waals surface area (Å²) in [5.41, 5.74) is 7.86. The molecule has 4 aliphatic rings. The van der Waals surface area contributed by atoms with Crippen molar-refractivity contribution in [2.75, 3.05) is 102 Å². The smallest absolute Gasteiger partial charge is 0.291 e. The predicted molar refractivity (Wildman–Crippen MR) is 298 cm³/mol. The van der Waals surface area contributed by atoms with Gasteiger partial charge in [-0.2, -0.15) is 0 Å². The number of aromatic nitrogens is 5. The number of imidazole rings is 1. The summed E-state index contributed by atoms with van der Waals surface area (Å²) in [4.78, 5) is 84.0. The zero-order valence-electron chi connectivity index (χ0n) is 45.4. The summed E-state index contributed by atoms with van der Waals surface area (Å²) in [6.07, 6.45) is 7.07. The van der Waals surface area contributed by atoms with Gasteiger partial charge >= 0.3 is 0 Å². The molecule has 2 N–H and O–H groups in total. The van der Waals surface area contributed by atoms with E-state index in [9.17, 15) is 19.2 Å². The Labute approximate surface area is 451 Å². The Bertz CT molecular complexity index is 3080. The summed E-state index contributed by atoms with van der Waals surface area (Å²) in [7, 11) is 0. The maximum absolute atomic E-state index is 13.9. The molecule has 3 fully saturated rings. The van der Waals surface area contributed by atoms with Crippen LogP contribution in [0.15, 0.2) is 90.0 Å². The van der Waals surface area contributed by atoms with Gasteiger partial charge in [0.05, 0.1) is 41.3 Å². The number of piperidine rings is 1. The quantitative estimate of drug-likeness (QED) is 0.0980. The normalized spacial score (nSPS) is 17.1. The summed E-state index contributed by atoms with van der Waals surface area (Å²) in [6, 6.07) is 22.6. The van der Waals surface area contributed by atoms with Crippen molar-refractivity contribution < 1.29 is 23.9 Å². The van der Waals surface area contributed by atoms with Crippen LogP contribution in [0.1, 0.15) is 107 Å². The van der Waals surface area contributed by atoms with Crippen LogP contribution in [-0.2, 0) is 25.9 Å². The summed E-state index contributed by atoms with van der Waals surface area (Å²) in [5.74, 6) is 1.93. The fourth-order valence-electron chi connectivity index (χ4n) is 11.2. The van der Waals surface area contributed by atoms with Gasteiger partial charge in [0, 0.05) is 133 Å². The Hall–Kier alpha value is -7.15. The third-order valence-electron chi connectivity index (χ3n) is 15.5. The first-order chi connectivity index (χ1) is 37.3. The summed E-state index contributed by atoms with van der Waals surface area (Å²) in [6.45, 7) is 22.9. The molecule has 406 valence electrons. The summed E-state index contributed by atoms with van der Waals surface area (Å²) in [5, 5.41) is 2.99. The van der Waals surface area contributed by atoms with Gasteiger partial charge in [-0.15, -0.1) is 0 Å². The number of hydrogen-bond acceptors (Lipinski definition) is 13. The van der Waals surface area contributed by atoms with E-state index in [-0.39, 0.29) is 35.4 Å². The lowest BCUT2D eigenvalue weighted by molar-refractivity contribution is 0.0619. The van der Waals surface area contributed by atoms with E-state index in [1.165, 1.54) is 0 Å². The fourth-order valence-corrected chi connectivity index (χ4v) is 11.2. The second-order valence-corrected chi connectivity index (χ2v) is 21.6. The number of aryl methyl sites for hydroxylation is 1. The average molecular weight is 1050 g/mol. The van der Waals surface area contributed by atoms with Gasteiger partial charge in [0.2, 0.25) is 0 Å². The lowest BCUT2D eigenvalue weighted by atomic mass is 9.95. The Morgan fingerprint density at radius 1 is 0.766 bits per heavy atom. The van der Waals surface area contributed by atoms with E-state index >= 15 is 0 Å². The Morgan fingerprint density at radius 3 is 2.23 bits per heavy atom. The highest BCUT2D eigenvalue weighted by atomic mass is 16.5. The van der Waals surface area contributed by atoms with E-state index in [2.05, 4.69) is 39.9 Å². The number of fused-ring (bicyclic) bond motifs is 2. The second kappa shape index (κ2) is 24.0. The number of piperazine rings is 2. The molecular weight excluding hydrogens is 973 g/mol. The number of nitrogens with zero attached hydrogens (tertiary/aromatic N) is 10. The molecule has 4 aromatic heterocycles. The molecule has 0 radical (unpaired) electrons. The molecule has 18 heteroatoms. The minimum absolute atomic E-state index is 0.00970. The number of likely N-dealkylation sites (tertiary alicyclic amines) is 1. The minimum Gasteiger partial charge on any atom is -0.492 e. The van der Waals surface area contributed by atoms with E-state index in [4.69, 9.17) is 14.5 Å². The first-order valence-corrected chi connectivity index (χ1v) is 27.7. The van der Waals surface area contributed by atoms with Crippen LogP contribution < -0.4 is 25.2 Å². The van der Waals surface area contributed by atoms with Crippen molar-refractivity contribution in [2.24, 2.45) is 5.92 Å². The third-order valence-corrected chi connectivity index (χ3v) is 15.5. The van der Waals surface area contributed by atoms with Crippen molar-refractivity contribution in [3.63, 3.8) is 0 Å². The molecule has 0 atom stereocenters.